The predicted molar refractivity (Wildman–Crippen MR) is 143 cm³/mol. The lowest BCUT2D eigenvalue weighted by molar-refractivity contribution is -0.122. The van der Waals surface area contributed by atoms with E-state index in [1.54, 1.807) is 6.92 Å². The quantitative estimate of drug-likeness (QED) is 0.307. The number of ether oxygens (including phenoxy) is 3. The fraction of sp³-hybridized carbons (Fsp3) is 0.148. The molecule has 0 fully saturated rings. The van der Waals surface area contributed by atoms with E-state index in [0.29, 0.717) is 11.4 Å². The highest BCUT2D eigenvalue weighted by molar-refractivity contribution is 7.92. The zero-order valence-corrected chi connectivity index (χ0v) is 21.7. The van der Waals surface area contributed by atoms with Crippen LogP contribution >= 0.6 is 0 Å². The van der Waals surface area contributed by atoms with Crippen LogP contribution in [-0.4, -0.2) is 44.6 Å². The molecule has 2 N–H and O–H groups in total. The number of hydrogen-bond donors (Lipinski definition) is 2. The van der Waals surface area contributed by atoms with Gasteiger partial charge in [-0.15, -0.1) is 0 Å². The molecule has 0 spiro atoms. The van der Waals surface area contributed by atoms with Crippen LogP contribution in [0.4, 0.5) is 11.5 Å². The minimum atomic E-state index is -3.98. The van der Waals surface area contributed by atoms with Gasteiger partial charge in [0.25, 0.3) is 15.9 Å². The Morgan fingerprint density at radius 2 is 1.50 bits per heavy atom. The second kappa shape index (κ2) is 11.6. The molecule has 1 unspecified atom stereocenters. The van der Waals surface area contributed by atoms with Crippen LogP contribution in [0.5, 0.6) is 17.6 Å². The number of nitrogens with one attached hydrogen (secondary N) is 2. The zero-order chi connectivity index (χ0) is 27.1. The van der Waals surface area contributed by atoms with Crippen molar-refractivity contribution >= 4 is 27.4 Å². The van der Waals surface area contributed by atoms with Crippen LogP contribution in [0.15, 0.2) is 89.8 Å². The SMILES string of the molecule is COc1cc(NS(=O)(=O)c2ccc(NC(=O)C(C)Oc3ccc(-c4ccccc4)cc3)cc2)nc(OC)n1. The van der Waals surface area contributed by atoms with Gasteiger partial charge in [0.1, 0.15) is 5.75 Å². The molecule has 11 heteroatoms. The second-order valence-electron chi connectivity index (χ2n) is 8.05. The highest BCUT2D eigenvalue weighted by Gasteiger charge is 2.19. The Morgan fingerprint density at radius 3 is 2.13 bits per heavy atom. The molecular weight excluding hydrogens is 508 g/mol. The summed E-state index contributed by atoms with van der Waals surface area (Å²) < 4.78 is 43.7. The van der Waals surface area contributed by atoms with E-state index < -0.39 is 16.1 Å². The summed E-state index contributed by atoms with van der Waals surface area (Å²) in [6, 6.07) is 24.4. The summed E-state index contributed by atoms with van der Waals surface area (Å²) in [6.07, 6.45) is -0.787. The predicted octanol–water partition coefficient (Wildman–Crippen LogP) is 4.37. The topological polar surface area (TPSA) is 129 Å². The third-order valence-corrected chi connectivity index (χ3v) is 6.76. The van der Waals surface area contributed by atoms with E-state index >= 15 is 0 Å². The van der Waals surface area contributed by atoms with Gasteiger partial charge in [0.05, 0.1) is 19.1 Å². The average Bonchev–Trinajstić information content (AvgIpc) is 2.93. The molecule has 196 valence electrons. The summed E-state index contributed by atoms with van der Waals surface area (Å²) in [5, 5.41) is 2.72. The zero-order valence-electron chi connectivity index (χ0n) is 20.9. The molecular formula is C27H26N4O6S. The van der Waals surface area contributed by atoms with Gasteiger partial charge in [-0.1, -0.05) is 42.5 Å². The summed E-state index contributed by atoms with van der Waals surface area (Å²) in [6.45, 7) is 1.63. The number of anilines is 2. The summed E-state index contributed by atoms with van der Waals surface area (Å²) in [5.74, 6) is 0.286. The molecule has 0 radical (unpaired) electrons. The Bertz CT molecular complexity index is 1470. The number of methoxy groups -OCH3 is 2. The van der Waals surface area contributed by atoms with Gasteiger partial charge >= 0.3 is 6.01 Å². The first-order valence-electron chi connectivity index (χ1n) is 11.5. The van der Waals surface area contributed by atoms with Crippen LogP contribution in [-0.2, 0) is 14.8 Å². The van der Waals surface area contributed by atoms with Gasteiger partial charge in [-0.2, -0.15) is 9.97 Å². The van der Waals surface area contributed by atoms with E-state index in [9.17, 15) is 13.2 Å². The molecule has 1 aromatic heterocycles. The summed E-state index contributed by atoms with van der Waals surface area (Å²) in [4.78, 5) is 20.5. The van der Waals surface area contributed by atoms with E-state index in [1.807, 2.05) is 54.6 Å². The molecule has 3 aromatic carbocycles. The normalized spacial score (nSPS) is 11.8. The van der Waals surface area contributed by atoms with Gasteiger partial charge in [-0.25, -0.2) is 8.42 Å². The number of amides is 1. The van der Waals surface area contributed by atoms with Gasteiger partial charge in [0.15, 0.2) is 11.9 Å². The Kier molecular flexibility index (Phi) is 8.07. The molecule has 1 heterocycles. The van der Waals surface area contributed by atoms with Crippen molar-refractivity contribution in [3.8, 4) is 28.8 Å². The maximum atomic E-state index is 12.8. The fourth-order valence-electron chi connectivity index (χ4n) is 3.42. The van der Waals surface area contributed by atoms with Gasteiger partial charge in [0, 0.05) is 11.8 Å². The van der Waals surface area contributed by atoms with Crippen molar-refractivity contribution in [2.24, 2.45) is 0 Å². The van der Waals surface area contributed by atoms with Crippen LogP contribution in [0.1, 0.15) is 6.92 Å². The molecule has 1 amide bonds. The average molecular weight is 535 g/mol. The Labute approximate surface area is 220 Å². The van der Waals surface area contributed by atoms with Crippen molar-refractivity contribution in [3.63, 3.8) is 0 Å². The molecule has 10 nitrogen and oxygen atoms in total. The molecule has 0 aliphatic heterocycles. The monoisotopic (exact) mass is 534 g/mol. The smallest absolute Gasteiger partial charge is 0.321 e. The number of aromatic nitrogens is 2. The van der Waals surface area contributed by atoms with Crippen molar-refractivity contribution in [2.75, 3.05) is 24.3 Å². The summed E-state index contributed by atoms with van der Waals surface area (Å²) >= 11 is 0. The van der Waals surface area contributed by atoms with Gasteiger partial charge in [-0.3, -0.25) is 9.52 Å². The number of benzene rings is 3. The van der Waals surface area contributed by atoms with E-state index in [4.69, 9.17) is 14.2 Å². The summed E-state index contributed by atoms with van der Waals surface area (Å²) in [7, 11) is -1.23. The third-order valence-electron chi connectivity index (χ3n) is 5.39. The lowest BCUT2D eigenvalue weighted by Gasteiger charge is -2.15. The maximum absolute atomic E-state index is 12.8. The van der Waals surface area contributed by atoms with E-state index in [2.05, 4.69) is 20.0 Å². The fourth-order valence-corrected chi connectivity index (χ4v) is 4.42. The molecule has 0 saturated heterocycles. The lowest BCUT2D eigenvalue weighted by atomic mass is 10.1. The number of sulfonamides is 1. The number of carbonyl (C=O) groups excluding carboxylic acids is 1. The van der Waals surface area contributed by atoms with E-state index in [-0.39, 0.29) is 28.5 Å². The van der Waals surface area contributed by atoms with Crippen molar-refractivity contribution in [1.82, 2.24) is 9.97 Å². The van der Waals surface area contributed by atoms with Crippen molar-refractivity contribution in [2.45, 2.75) is 17.9 Å². The third kappa shape index (κ3) is 6.56. The lowest BCUT2D eigenvalue weighted by Crippen LogP contribution is -2.30. The summed E-state index contributed by atoms with van der Waals surface area (Å²) in [5.41, 5.74) is 2.54. The van der Waals surface area contributed by atoms with Crippen molar-refractivity contribution in [3.05, 3.63) is 84.9 Å². The first-order chi connectivity index (χ1) is 18.3. The van der Waals surface area contributed by atoms with Crippen LogP contribution < -0.4 is 24.2 Å². The minimum absolute atomic E-state index is 0.0196. The van der Waals surface area contributed by atoms with Crippen LogP contribution in [0, 0.1) is 0 Å². The highest BCUT2D eigenvalue weighted by Crippen LogP contribution is 2.24. The van der Waals surface area contributed by atoms with Gasteiger partial charge in [0.2, 0.25) is 5.88 Å². The highest BCUT2D eigenvalue weighted by atomic mass is 32.2. The number of nitrogens with zero attached hydrogens (tertiary/aromatic N) is 2. The molecule has 0 aliphatic carbocycles. The first kappa shape index (κ1) is 26.4. The van der Waals surface area contributed by atoms with Crippen LogP contribution in [0.2, 0.25) is 0 Å². The molecule has 0 saturated carbocycles. The first-order valence-corrected chi connectivity index (χ1v) is 13.0. The largest absolute Gasteiger partial charge is 0.481 e. The standard InChI is InChI=1S/C27H26N4O6S/c1-18(37-22-13-9-20(10-14-22)19-7-5-4-6-8-19)26(32)28-21-11-15-23(16-12-21)38(33,34)31-24-17-25(35-2)30-27(29-24)36-3/h4-18H,1-3H3,(H,28,32)(H,29,30,31). The van der Waals surface area contributed by atoms with Gasteiger partial charge in [-0.05, 0) is 54.4 Å². The van der Waals surface area contributed by atoms with Crippen molar-refractivity contribution < 1.29 is 27.4 Å². The molecule has 4 aromatic rings. The molecule has 0 aliphatic rings. The molecule has 1 atom stereocenters. The minimum Gasteiger partial charge on any atom is -0.481 e. The maximum Gasteiger partial charge on any atom is 0.321 e. The van der Waals surface area contributed by atoms with Crippen molar-refractivity contribution in [1.29, 1.82) is 0 Å². The van der Waals surface area contributed by atoms with Crippen LogP contribution in [0.3, 0.4) is 0 Å². The molecule has 0 bridgehead atoms. The van der Waals surface area contributed by atoms with E-state index in [1.165, 1.54) is 44.6 Å². The molecule has 4 rings (SSSR count). The Hall–Kier alpha value is -4.64. The number of hydrogen-bond acceptors (Lipinski definition) is 8. The van der Waals surface area contributed by atoms with Gasteiger partial charge < -0.3 is 19.5 Å². The molecule has 38 heavy (non-hydrogen) atoms. The second-order valence-corrected chi connectivity index (χ2v) is 9.73. The van der Waals surface area contributed by atoms with Crippen LogP contribution in [0.25, 0.3) is 11.1 Å². The number of rotatable bonds is 10. The number of carbonyl (C=O) groups is 1. The Morgan fingerprint density at radius 1 is 0.842 bits per heavy atom. The van der Waals surface area contributed by atoms with E-state index in [0.717, 1.165) is 11.1 Å². The Balaban J connectivity index is 1.37.